The van der Waals surface area contributed by atoms with Gasteiger partial charge in [0.2, 0.25) is 0 Å². The summed E-state index contributed by atoms with van der Waals surface area (Å²) >= 11 is 1.92. The van der Waals surface area contributed by atoms with E-state index in [0.717, 1.165) is 0 Å². The molecule has 10 rings (SSSR count). The van der Waals surface area contributed by atoms with E-state index in [-0.39, 0.29) is 0 Å². The van der Waals surface area contributed by atoms with Gasteiger partial charge in [-0.3, -0.25) is 0 Å². The molecular weight excluding hydrogens is 513 g/mol. The lowest BCUT2D eigenvalue weighted by Gasteiger charge is -2.15. The molecule has 0 aliphatic heterocycles. The molecule has 0 atom stereocenters. The molecule has 0 aliphatic rings. The molecule has 0 saturated heterocycles. The molecule has 0 radical (unpaired) electrons. The van der Waals surface area contributed by atoms with Crippen LogP contribution < -0.4 is 0 Å². The summed E-state index contributed by atoms with van der Waals surface area (Å²) in [6.45, 7) is 0. The van der Waals surface area contributed by atoms with Crippen LogP contribution >= 0.6 is 11.3 Å². The lowest BCUT2D eigenvalue weighted by molar-refractivity contribution is 1.68. The van der Waals surface area contributed by atoms with Gasteiger partial charge < -0.3 is 0 Å². The molecular formula is C40H22S. The summed E-state index contributed by atoms with van der Waals surface area (Å²) in [4.78, 5) is 0. The topological polar surface area (TPSA) is 0 Å². The van der Waals surface area contributed by atoms with E-state index in [1.165, 1.54) is 96.3 Å². The summed E-state index contributed by atoms with van der Waals surface area (Å²) in [6.07, 6.45) is 0. The quantitative estimate of drug-likeness (QED) is 0.193. The lowest BCUT2D eigenvalue weighted by Crippen LogP contribution is -1.87. The summed E-state index contributed by atoms with van der Waals surface area (Å²) in [6, 6.07) is 50.0. The van der Waals surface area contributed by atoms with Gasteiger partial charge in [0.05, 0.1) is 0 Å². The summed E-state index contributed by atoms with van der Waals surface area (Å²) < 4.78 is 2.75. The van der Waals surface area contributed by atoms with Crippen molar-refractivity contribution in [3.05, 3.63) is 133 Å². The van der Waals surface area contributed by atoms with Gasteiger partial charge in [0.15, 0.2) is 0 Å². The highest BCUT2D eigenvalue weighted by Crippen LogP contribution is 2.45. The van der Waals surface area contributed by atoms with E-state index in [2.05, 4.69) is 133 Å². The molecule has 0 nitrogen and oxygen atoms in total. The SMILES string of the molecule is c1cc2ccc3ccc(-c4ccc5ccc(-c6ccc7ccc8cccc9sc6c7c89)cc5c4)c4ccc(c1)c2c34. The van der Waals surface area contributed by atoms with Gasteiger partial charge in [0.25, 0.3) is 0 Å². The van der Waals surface area contributed by atoms with Gasteiger partial charge in [-0.2, -0.15) is 0 Å². The van der Waals surface area contributed by atoms with E-state index in [4.69, 9.17) is 0 Å². The molecule has 188 valence electrons. The van der Waals surface area contributed by atoms with E-state index < -0.39 is 0 Å². The van der Waals surface area contributed by atoms with Crippen molar-refractivity contribution >= 4 is 85.4 Å². The number of benzene rings is 9. The minimum Gasteiger partial charge on any atom is -0.134 e. The summed E-state index contributed by atoms with van der Waals surface area (Å²) in [7, 11) is 0. The van der Waals surface area contributed by atoms with Crippen molar-refractivity contribution in [2.75, 3.05) is 0 Å². The Bertz CT molecular complexity index is 2620. The molecule has 0 fully saturated rings. The second-order valence-corrected chi connectivity index (χ2v) is 12.4. The Morgan fingerprint density at radius 1 is 0.341 bits per heavy atom. The zero-order chi connectivity index (χ0) is 26.7. The van der Waals surface area contributed by atoms with Crippen molar-refractivity contribution in [3.8, 4) is 22.3 Å². The van der Waals surface area contributed by atoms with Gasteiger partial charge >= 0.3 is 0 Å². The largest absolute Gasteiger partial charge is 0.134 e. The fourth-order valence-electron chi connectivity index (χ4n) is 7.23. The number of hydrogen-bond donors (Lipinski definition) is 0. The molecule has 0 aliphatic carbocycles. The Hall–Kier alpha value is -4.98. The van der Waals surface area contributed by atoms with Crippen molar-refractivity contribution in [1.29, 1.82) is 0 Å². The molecule has 1 heterocycles. The zero-order valence-corrected chi connectivity index (χ0v) is 22.9. The van der Waals surface area contributed by atoms with Crippen LogP contribution in [-0.4, -0.2) is 0 Å². The maximum absolute atomic E-state index is 2.39. The summed E-state index contributed by atoms with van der Waals surface area (Å²) in [5.41, 5.74) is 5.15. The van der Waals surface area contributed by atoms with Gasteiger partial charge in [-0.15, -0.1) is 11.3 Å². The highest BCUT2D eigenvalue weighted by atomic mass is 32.1. The van der Waals surface area contributed by atoms with E-state index in [0.29, 0.717) is 0 Å². The Morgan fingerprint density at radius 2 is 0.878 bits per heavy atom. The first kappa shape index (κ1) is 21.8. The predicted molar refractivity (Wildman–Crippen MR) is 180 cm³/mol. The molecule has 10 aromatic rings. The van der Waals surface area contributed by atoms with Crippen LogP contribution in [0.4, 0.5) is 0 Å². The molecule has 9 aromatic carbocycles. The molecule has 0 amide bonds. The highest BCUT2D eigenvalue weighted by molar-refractivity contribution is 7.26. The average Bonchev–Trinajstić information content (AvgIpc) is 3.43. The van der Waals surface area contributed by atoms with Crippen LogP contribution in [0.5, 0.6) is 0 Å². The summed E-state index contributed by atoms with van der Waals surface area (Å²) in [5, 5.41) is 16.0. The van der Waals surface area contributed by atoms with Crippen LogP contribution in [0.2, 0.25) is 0 Å². The van der Waals surface area contributed by atoms with Crippen LogP contribution in [0.1, 0.15) is 0 Å². The number of hydrogen-bond acceptors (Lipinski definition) is 1. The third-order valence-corrected chi connectivity index (χ3v) is 10.3. The minimum atomic E-state index is 1.26. The molecule has 1 heteroatoms. The van der Waals surface area contributed by atoms with Crippen molar-refractivity contribution in [2.45, 2.75) is 0 Å². The first-order valence-electron chi connectivity index (χ1n) is 14.2. The number of thiophene rings is 1. The summed E-state index contributed by atoms with van der Waals surface area (Å²) in [5.74, 6) is 0. The smallest absolute Gasteiger partial charge is 0.0440 e. The van der Waals surface area contributed by atoms with Crippen molar-refractivity contribution in [1.82, 2.24) is 0 Å². The fourth-order valence-corrected chi connectivity index (χ4v) is 8.53. The monoisotopic (exact) mass is 534 g/mol. The van der Waals surface area contributed by atoms with Gasteiger partial charge in [0, 0.05) is 20.2 Å². The van der Waals surface area contributed by atoms with Crippen LogP contribution in [0.15, 0.2) is 133 Å². The van der Waals surface area contributed by atoms with Gasteiger partial charge in [-0.05, 0) is 94.3 Å². The Labute approximate surface area is 240 Å². The maximum Gasteiger partial charge on any atom is 0.0440 e. The Morgan fingerprint density at radius 3 is 1.63 bits per heavy atom. The second kappa shape index (κ2) is 7.81. The minimum absolute atomic E-state index is 1.26. The third kappa shape index (κ3) is 2.94. The van der Waals surface area contributed by atoms with Crippen LogP contribution in [0.25, 0.3) is 96.3 Å². The molecule has 0 unspecified atom stereocenters. The van der Waals surface area contributed by atoms with Gasteiger partial charge in [0.1, 0.15) is 0 Å². The zero-order valence-electron chi connectivity index (χ0n) is 22.1. The van der Waals surface area contributed by atoms with Crippen LogP contribution in [0.3, 0.4) is 0 Å². The van der Waals surface area contributed by atoms with Crippen molar-refractivity contribution in [3.63, 3.8) is 0 Å². The second-order valence-electron chi connectivity index (χ2n) is 11.3. The third-order valence-electron chi connectivity index (χ3n) is 9.14. The maximum atomic E-state index is 2.39. The van der Waals surface area contributed by atoms with Crippen LogP contribution in [-0.2, 0) is 0 Å². The highest BCUT2D eigenvalue weighted by Gasteiger charge is 2.16. The predicted octanol–water partition coefficient (Wildman–Crippen LogP) is 12.0. The van der Waals surface area contributed by atoms with Crippen molar-refractivity contribution < 1.29 is 0 Å². The standard InChI is InChI=1S/C40H22S/c1-3-24-9-11-27-15-18-32(34-20-17-25(4-1)36(24)37(27)34)29-13-7-23-8-14-30(22-31(23)21-29)33-19-16-28-12-10-26-5-2-6-35-38(26)39(28)40(33)41-35/h1-22H. The van der Waals surface area contributed by atoms with Crippen molar-refractivity contribution in [2.24, 2.45) is 0 Å². The average molecular weight is 535 g/mol. The Balaban J connectivity index is 1.19. The molecule has 0 bridgehead atoms. The normalized spacial score (nSPS) is 12.4. The molecule has 1 aromatic heterocycles. The van der Waals surface area contributed by atoms with E-state index >= 15 is 0 Å². The lowest BCUT2D eigenvalue weighted by atomic mass is 9.89. The number of rotatable bonds is 2. The molecule has 41 heavy (non-hydrogen) atoms. The van der Waals surface area contributed by atoms with Gasteiger partial charge in [-0.1, -0.05) is 115 Å². The molecule has 0 N–H and O–H groups in total. The van der Waals surface area contributed by atoms with Crippen LogP contribution in [0, 0.1) is 0 Å². The number of fused-ring (bicyclic) bond motifs is 1. The Kier molecular flexibility index (Phi) is 4.15. The van der Waals surface area contributed by atoms with Gasteiger partial charge in [-0.25, -0.2) is 0 Å². The molecule has 0 saturated carbocycles. The molecule has 0 spiro atoms. The van der Waals surface area contributed by atoms with E-state index in [1.54, 1.807) is 0 Å². The van der Waals surface area contributed by atoms with E-state index in [9.17, 15) is 0 Å². The van der Waals surface area contributed by atoms with E-state index in [1.807, 2.05) is 11.3 Å². The fraction of sp³-hybridized carbons (Fsp3) is 0. The first-order chi connectivity index (χ1) is 20.3. The first-order valence-corrected chi connectivity index (χ1v) is 15.0.